The molecular weight excluding hydrogens is 192 g/mol. The molecular formula is C11H22N2S. The Morgan fingerprint density at radius 2 is 2.29 bits per heavy atom. The predicted molar refractivity (Wildman–Crippen MR) is 63.7 cm³/mol. The summed E-state index contributed by atoms with van der Waals surface area (Å²) in [7, 11) is 2.27. The zero-order valence-corrected chi connectivity index (χ0v) is 9.98. The lowest BCUT2D eigenvalue weighted by Gasteiger charge is -2.43. The minimum Gasteiger partial charge on any atom is -0.329 e. The van der Waals surface area contributed by atoms with Crippen molar-refractivity contribution in [2.24, 2.45) is 11.7 Å². The van der Waals surface area contributed by atoms with Crippen LogP contribution in [0, 0.1) is 5.92 Å². The van der Waals surface area contributed by atoms with E-state index in [4.69, 9.17) is 5.73 Å². The Kier molecular flexibility index (Phi) is 3.40. The molecule has 0 aromatic carbocycles. The summed E-state index contributed by atoms with van der Waals surface area (Å²) in [6.07, 6.45) is 5.53. The fourth-order valence-corrected chi connectivity index (χ4v) is 3.69. The van der Waals surface area contributed by atoms with Gasteiger partial charge >= 0.3 is 0 Å². The maximum absolute atomic E-state index is 5.98. The number of nitrogens with zero attached hydrogens (tertiary/aromatic N) is 1. The first-order chi connectivity index (χ1) is 6.77. The number of thioether (sulfide) groups is 1. The molecule has 1 saturated heterocycles. The first kappa shape index (κ1) is 10.8. The van der Waals surface area contributed by atoms with Gasteiger partial charge in [0, 0.05) is 24.4 Å². The maximum Gasteiger partial charge on any atom is 0.0419 e. The number of rotatable bonds is 4. The molecule has 82 valence electrons. The van der Waals surface area contributed by atoms with Crippen molar-refractivity contribution >= 4 is 11.8 Å². The van der Waals surface area contributed by atoms with Gasteiger partial charge < -0.3 is 5.73 Å². The SMILES string of the molecule is CN(CC1CC1)C1(CN)CCCSC1. The standard InChI is InChI=1S/C11H22N2S/c1-13(7-10-3-4-10)11(8-12)5-2-6-14-9-11/h10H,2-9,12H2,1H3. The van der Waals surface area contributed by atoms with Crippen LogP contribution in [-0.4, -0.2) is 42.1 Å². The molecule has 1 atom stereocenters. The summed E-state index contributed by atoms with van der Waals surface area (Å²) in [5.74, 6) is 3.56. The predicted octanol–water partition coefficient (Wildman–Crippen LogP) is 1.55. The van der Waals surface area contributed by atoms with E-state index in [0.29, 0.717) is 5.54 Å². The fourth-order valence-electron chi connectivity index (χ4n) is 2.34. The van der Waals surface area contributed by atoms with Gasteiger partial charge in [-0.1, -0.05) is 0 Å². The van der Waals surface area contributed by atoms with Crippen molar-refractivity contribution in [3.05, 3.63) is 0 Å². The fraction of sp³-hybridized carbons (Fsp3) is 1.00. The van der Waals surface area contributed by atoms with Gasteiger partial charge in [-0.3, -0.25) is 4.90 Å². The van der Waals surface area contributed by atoms with Crippen molar-refractivity contribution in [3.63, 3.8) is 0 Å². The highest BCUT2D eigenvalue weighted by molar-refractivity contribution is 7.99. The lowest BCUT2D eigenvalue weighted by atomic mass is 9.93. The van der Waals surface area contributed by atoms with Crippen molar-refractivity contribution in [1.29, 1.82) is 0 Å². The second kappa shape index (κ2) is 4.42. The number of nitrogens with two attached hydrogens (primary N) is 1. The molecule has 14 heavy (non-hydrogen) atoms. The van der Waals surface area contributed by atoms with Crippen LogP contribution in [0.1, 0.15) is 25.7 Å². The van der Waals surface area contributed by atoms with Gasteiger partial charge in [-0.15, -0.1) is 0 Å². The first-order valence-corrected chi connectivity index (χ1v) is 6.91. The normalized spacial score (nSPS) is 33.6. The number of hydrogen-bond donors (Lipinski definition) is 1. The molecule has 0 bridgehead atoms. The van der Waals surface area contributed by atoms with E-state index in [1.54, 1.807) is 0 Å². The Labute approximate surface area is 91.6 Å². The summed E-state index contributed by atoms with van der Waals surface area (Å²) in [6, 6.07) is 0. The second-order valence-electron chi connectivity index (χ2n) is 4.91. The first-order valence-electron chi connectivity index (χ1n) is 5.76. The van der Waals surface area contributed by atoms with Gasteiger partial charge in [0.15, 0.2) is 0 Å². The molecule has 1 saturated carbocycles. The highest BCUT2D eigenvalue weighted by Gasteiger charge is 2.37. The average molecular weight is 214 g/mol. The quantitative estimate of drug-likeness (QED) is 0.770. The molecule has 2 fully saturated rings. The largest absolute Gasteiger partial charge is 0.329 e. The van der Waals surface area contributed by atoms with Crippen LogP contribution in [0.2, 0.25) is 0 Å². The average Bonchev–Trinajstić information content (AvgIpc) is 3.02. The monoisotopic (exact) mass is 214 g/mol. The van der Waals surface area contributed by atoms with E-state index in [0.717, 1.165) is 12.5 Å². The smallest absolute Gasteiger partial charge is 0.0419 e. The van der Waals surface area contributed by atoms with Crippen molar-refractivity contribution in [2.45, 2.75) is 31.2 Å². The lowest BCUT2D eigenvalue weighted by molar-refractivity contribution is 0.129. The Bertz CT molecular complexity index is 186. The lowest BCUT2D eigenvalue weighted by Crippen LogP contribution is -2.56. The molecule has 0 spiro atoms. The van der Waals surface area contributed by atoms with E-state index in [9.17, 15) is 0 Å². The molecule has 0 aromatic rings. The molecule has 0 radical (unpaired) electrons. The molecule has 1 unspecified atom stereocenters. The molecule has 2 N–H and O–H groups in total. The molecule has 2 rings (SSSR count). The third-order valence-electron chi connectivity index (χ3n) is 3.72. The van der Waals surface area contributed by atoms with Gasteiger partial charge in [0.25, 0.3) is 0 Å². The van der Waals surface area contributed by atoms with E-state index in [-0.39, 0.29) is 0 Å². The van der Waals surface area contributed by atoms with E-state index in [1.165, 1.54) is 43.7 Å². The van der Waals surface area contributed by atoms with Gasteiger partial charge in [0.2, 0.25) is 0 Å². The molecule has 0 amide bonds. The minimum absolute atomic E-state index is 0.325. The van der Waals surface area contributed by atoms with Crippen LogP contribution in [0.25, 0.3) is 0 Å². The van der Waals surface area contributed by atoms with Crippen LogP contribution < -0.4 is 5.73 Å². The van der Waals surface area contributed by atoms with E-state index < -0.39 is 0 Å². The van der Waals surface area contributed by atoms with Crippen molar-refractivity contribution in [2.75, 3.05) is 31.6 Å². The molecule has 1 aliphatic heterocycles. The second-order valence-corrected chi connectivity index (χ2v) is 6.01. The van der Waals surface area contributed by atoms with Crippen LogP contribution in [-0.2, 0) is 0 Å². The summed E-state index contributed by atoms with van der Waals surface area (Å²) < 4.78 is 0. The highest BCUT2D eigenvalue weighted by Crippen LogP contribution is 2.35. The summed E-state index contributed by atoms with van der Waals surface area (Å²) in [5.41, 5.74) is 6.31. The van der Waals surface area contributed by atoms with Crippen LogP contribution in [0.15, 0.2) is 0 Å². The number of likely N-dealkylation sites (N-methyl/N-ethyl adjacent to an activating group) is 1. The van der Waals surface area contributed by atoms with E-state index >= 15 is 0 Å². The summed E-state index contributed by atoms with van der Waals surface area (Å²) in [5, 5.41) is 0. The van der Waals surface area contributed by atoms with Gasteiger partial charge in [-0.05, 0) is 44.4 Å². The van der Waals surface area contributed by atoms with Crippen LogP contribution in [0.3, 0.4) is 0 Å². The van der Waals surface area contributed by atoms with Gasteiger partial charge in [-0.25, -0.2) is 0 Å². The van der Waals surface area contributed by atoms with Gasteiger partial charge in [-0.2, -0.15) is 11.8 Å². The Balaban J connectivity index is 1.93. The Morgan fingerprint density at radius 3 is 2.79 bits per heavy atom. The minimum atomic E-state index is 0.325. The highest BCUT2D eigenvalue weighted by atomic mass is 32.2. The van der Waals surface area contributed by atoms with Crippen LogP contribution in [0.5, 0.6) is 0 Å². The zero-order chi connectivity index (χ0) is 10.0. The van der Waals surface area contributed by atoms with Gasteiger partial charge in [0.05, 0.1) is 0 Å². The zero-order valence-electron chi connectivity index (χ0n) is 9.17. The molecule has 0 aromatic heterocycles. The molecule has 2 nitrogen and oxygen atoms in total. The van der Waals surface area contributed by atoms with Crippen molar-refractivity contribution < 1.29 is 0 Å². The number of hydrogen-bond acceptors (Lipinski definition) is 3. The summed E-state index contributed by atoms with van der Waals surface area (Å²) in [4.78, 5) is 2.55. The van der Waals surface area contributed by atoms with Crippen molar-refractivity contribution in [1.82, 2.24) is 4.90 Å². The van der Waals surface area contributed by atoms with E-state index in [1.807, 2.05) is 0 Å². The van der Waals surface area contributed by atoms with Crippen molar-refractivity contribution in [3.8, 4) is 0 Å². The van der Waals surface area contributed by atoms with E-state index in [2.05, 4.69) is 23.7 Å². The Hall–Kier alpha value is 0.270. The third-order valence-corrected chi connectivity index (χ3v) is 5.04. The molecule has 1 aliphatic carbocycles. The molecule has 3 heteroatoms. The van der Waals surface area contributed by atoms with Gasteiger partial charge in [0.1, 0.15) is 0 Å². The van der Waals surface area contributed by atoms with Crippen LogP contribution in [0.4, 0.5) is 0 Å². The Morgan fingerprint density at radius 1 is 1.50 bits per heavy atom. The summed E-state index contributed by atoms with van der Waals surface area (Å²) in [6.45, 7) is 2.11. The third kappa shape index (κ3) is 2.26. The van der Waals surface area contributed by atoms with Crippen LogP contribution >= 0.6 is 11.8 Å². The topological polar surface area (TPSA) is 29.3 Å². The maximum atomic E-state index is 5.98. The molecule has 2 aliphatic rings. The summed E-state index contributed by atoms with van der Waals surface area (Å²) >= 11 is 2.08. The molecule has 1 heterocycles.